The van der Waals surface area contributed by atoms with Crippen molar-refractivity contribution in [2.45, 2.75) is 106 Å². The SMILES string of the molecule is C=C(C)[C@@H]1CC[C@]2(C(=O)OCc3ccccc3)CC[C@]3(C)[C@H](CC[C@@H]4[C@]5(C)C(CC[C@]43C)C(C)(C)C(=O)[C@@H]5C(=O)OCc3ccccc3)[C@@H]12. The first-order valence-electron chi connectivity index (χ1n) is 18.8. The Morgan fingerprint density at radius 3 is 1.96 bits per heavy atom. The summed E-state index contributed by atoms with van der Waals surface area (Å²) in [6.07, 6.45) is 7.49. The van der Waals surface area contributed by atoms with Crippen LogP contribution in [0.4, 0.5) is 0 Å². The van der Waals surface area contributed by atoms with Crippen molar-refractivity contribution in [3.05, 3.63) is 83.9 Å². The first-order chi connectivity index (χ1) is 23.2. The first-order valence-corrected chi connectivity index (χ1v) is 18.8. The first kappa shape index (κ1) is 34.2. The lowest BCUT2D eigenvalue weighted by Crippen LogP contribution is -2.65. The van der Waals surface area contributed by atoms with Gasteiger partial charge in [0.2, 0.25) is 0 Å². The fraction of sp³-hybridized carbons (Fsp3) is 0.614. The largest absolute Gasteiger partial charge is 0.460 e. The molecule has 262 valence electrons. The summed E-state index contributed by atoms with van der Waals surface area (Å²) in [5.41, 5.74) is 1.39. The molecule has 49 heavy (non-hydrogen) atoms. The predicted molar refractivity (Wildman–Crippen MR) is 191 cm³/mol. The minimum absolute atomic E-state index is 0.0283. The maximum atomic E-state index is 14.4. The van der Waals surface area contributed by atoms with Crippen LogP contribution in [0.3, 0.4) is 0 Å². The molecule has 2 aromatic carbocycles. The lowest BCUT2D eigenvalue weighted by Gasteiger charge is -2.70. The Kier molecular flexibility index (Phi) is 8.35. The smallest absolute Gasteiger partial charge is 0.317 e. The van der Waals surface area contributed by atoms with Crippen LogP contribution in [0.2, 0.25) is 0 Å². The second kappa shape index (κ2) is 11.9. The van der Waals surface area contributed by atoms with Crippen LogP contribution in [0, 0.1) is 62.6 Å². The third kappa shape index (κ3) is 4.87. The van der Waals surface area contributed by atoms with Crippen molar-refractivity contribution in [3.8, 4) is 0 Å². The number of rotatable bonds is 7. The molecule has 0 spiro atoms. The molecule has 0 aliphatic heterocycles. The Hall–Kier alpha value is -3.21. The van der Waals surface area contributed by atoms with Gasteiger partial charge < -0.3 is 9.47 Å². The van der Waals surface area contributed by atoms with E-state index in [2.05, 4.69) is 48.1 Å². The van der Waals surface area contributed by atoms with Gasteiger partial charge in [-0.05, 0) is 115 Å². The number of hydrogen-bond acceptors (Lipinski definition) is 5. The van der Waals surface area contributed by atoms with Gasteiger partial charge in [-0.1, -0.05) is 107 Å². The number of benzene rings is 2. The Balaban J connectivity index is 1.22. The van der Waals surface area contributed by atoms with E-state index >= 15 is 0 Å². The monoisotopic (exact) mass is 664 g/mol. The standard InChI is InChI=1S/C44H56O5/c1-28(2)31-20-23-44(39(47)49-27-30-16-12-9-13-17-30)25-24-41(5)32(35(31)44)18-19-34-42(41,6)22-21-33-40(3,4)37(45)36(43(33,34)7)38(46)48-26-29-14-10-8-11-15-29/h8-17,31-36H,1,18-27H2,2-7H3/t31-,32+,33?,34-,35+,36+,41+,42+,43-,44-/m0/s1. The molecule has 5 nitrogen and oxygen atoms in total. The molecule has 0 amide bonds. The highest BCUT2D eigenvalue weighted by atomic mass is 16.5. The van der Waals surface area contributed by atoms with E-state index in [9.17, 15) is 14.4 Å². The van der Waals surface area contributed by atoms with E-state index in [1.807, 2.05) is 60.7 Å². The quantitative estimate of drug-likeness (QED) is 0.168. The normalized spacial score (nSPS) is 40.3. The molecule has 0 saturated heterocycles. The second-order valence-corrected chi connectivity index (χ2v) is 17.9. The number of ketones is 1. The summed E-state index contributed by atoms with van der Waals surface area (Å²) >= 11 is 0. The van der Waals surface area contributed by atoms with Crippen LogP contribution >= 0.6 is 0 Å². The average molecular weight is 665 g/mol. The molecule has 5 fully saturated rings. The zero-order valence-electron chi connectivity index (χ0n) is 30.6. The van der Waals surface area contributed by atoms with Gasteiger partial charge in [0.25, 0.3) is 0 Å². The molecule has 5 saturated carbocycles. The third-order valence-electron chi connectivity index (χ3n) is 15.7. The van der Waals surface area contributed by atoms with Crippen LogP contribution in [0.25, 0.3) is 0 Å². The number of esters is 2. The summed E-state index contributed by atoms with van der Waals surface area (Å²) in [7, 11) is 0. The van der Waals surface area contributed by atoms with Gasteiger partial charge in [-0.15, -0.1) is 0 Å². The van der Waals surface area contributed by atoms with Gasteiger partial charge in [-0.3, -0.25) is 14.4 Å². The molecular weight excluding hydrogens is 608 g/mol. The van der Waals surface area contributed by atoms with Gasteiger partial charge >= 0.3 is 11.9 Å². The van der Waals surface area contributed by atoms with E-state index in [4.69, 9.17) is 9.47 Å². The van der Waals surface area contributed by atoms with Crippen LogP contribution in [0.15, 0.2) is 72.8 Å². The van der Waals surface area contributed by atoms with E-state index < -0.39 is 22.2 Å². The molecule has 10 atom stereocenters. The summed E-state index contributed by atoms with van der Waals surface area (Å²) in [6.45, 7) is 18.5. The van der Waals surface area contributed by atoms with Gasteiger partial charge in [-0.25, -0.2) is 0 Å². The summed E-state index contributed by atoms with van der Waals surface area (Å²) < 4.78 is 12.2. The van der Waals surface area contributed by atoms with Crippen LogP contribution in [-0.4, -0.2) is 17.7 Å². The minimum atomic E-state index is -0.772. The molecule has 5 heteroatoms. The number of allylic oxidation sites excluding steroid dienone is 1. The molecule has 1 unspecified atom stereocenters. The topological polar surface area (TPSA) is 69.7 Å². The van der Waals surface area contributed by atoms with Crippen molar-refractivity contribution in [1.82, 2.24) is 0 Å². The molecule has 5 aliphatic carbocycles. The lowest BCUT2D eigenvalue weighted by molar-refractivity contribution is -0.230. The van der Waals surface area contributed by atoms with Crippen molar-refractivity contribution in [1.29, 1.82) is 0 Å². The maximum absolute atomic E-state index is 14.4. The van der Waals surface area contributed by atoms with Crippen LogP contribution in [0.5, 0.6) is 0 Å². The molecule has 0 N–H and O–H groups in total. The van der Waals surface area contributed by atoms with E-state index in [0.29, 0.717) is 12.5 Å². The Labute approximate surface area is 293 Å². The number of fused-ring (bicyclic) bond motifs is 7. The van der Waals surface area contributed by atoms with Crippen molar-refractivity contribution in [2.24, 2.45) is 62.6 Å². The number of ether oxygens (including phenoxy) is 2. The van der Waals surface area contributed by atoms with Gasteiger partial charge in [0.1, 0.15) is 19.1 Å². The van der Waals surface area contributed by atoms with Gasteiger partial charge in [0, 0.05) is 5.41 Å². The Bertz CT molecular complexity index is 1630. The van der Waals surface area contributed by atoms with Crippen LogP contribution in [-0.2, 0) is 37.1 Å². The number of carbonyl (C=O) groups is 3. The molecule has 0 radical (unpaired) electrons. The minimum Gasteiger partial charge on any atom is -0.460 e. The van der Waals surface area contributed by atoms with Gasteiger partial charge in [-0.2, -0.15) is 0 Å². The molecule has 5 aliphatic rings. The van der Waals surface area contributed by atoms with E-state index in [-0.39, 0.29) is 58.8 Å². The second-order valence-electron chi connectivity index (χ2n) is 17.9. The third-order valence-corrected chi connectivity index (χ3v) is 15.7. The molecule has 7 rings (SSSR count). The van der Waals surface area contributed by atoms with Crippen molar-refractivity contribution in [3.63, 3.8) is 0 Å². The van der Waals surface area contributed by atoms with E-state index in [0.717, 1.165) is 62.5 Å². The number of carbonyl (C=O) groups excluding carboxylic acids is 3. The highest BCUT2D eigenvalue weighted by molar-refractivity contribution is 6.05. The average Bonchev–Trinajstić information content (AvgIpc) is 3.55. The van der Waals surface area contributed by atoms with E-state index in [1.165, 1.54) is 5.57 Å². The van der Waals surface area contributed by atoms with Crippen molar-refractivity contribution in [2.75, 3.05) is 0 Å². The zero-order valence-corrected chi connectivity index (χ0v) is 30.6. The van der Waals surface area contributed by atoms with Crippen LogP contribution in [0.1, 0.15) is 104 Å². The number of hydrogen-bond donors (Lipinski definition) is 0. The fourth-order valence-corrected chi connectivity index (χ4v) is 13.2. The highest BCUT2D eigenvalue weighted by Gasteiger charge is 2.76. The van der Waals surface area contributed by atoms with E-state index in [1.54, 1.807) is 0 Å². The Morgan fingerprint density at radius 1 is 0.735 bits per heavy atom. The molecule has 0 bridgehead atoms. The lowest BCUT2D eigenvalue weighted by atomic mass is 9.34. The molecular formula is C44H56O5. The highest BCUT2D eigenvalue weighted by Crippen LogP contribution is 2.78. The van der Waals surface area contributed by atoms with Crippen molar-refractivity contribution >= 4 is 17.7 Å². The summed E-state index contributed by atoms with van der Waals surface area (Å²) in [4.78, 5) is 42.9. The summed E-state index contributed by atoms with van der Waals surface area (Å²) in [5.74, 6) is 0.0160. The fourth-order valence-electron chi connectivity index (χ4n) is 13.2. The van der Waals surface area contributed by atoms with Crippen LogP contribution < -0.4 is 0 Å². The van der Waals surface area contributed by atoms with Crippen molar-refractivity contribution < 1.29 is 23.9 Å². The van der Waals surface area contributed by atoms with Gasteiger partial charge in [0.15, 0.2) is 5.78 Å². The molecule has 0 aromatic heterocycles. The maximum Gasteiger partial charge on any atom is 0.317 e. The summed E-state index contributed by atoms with van der Waals surface area (Å²) in [6, 6.07) is 19.8. The predicted octanol–water partition coefficient (Wildman–Crippen LogP) is 9.54. The number of Topliss-reactive ketones (excluding diaryl/α,β-unsaturated/α-hetero) is 1. The Morgan fingerprint density at radius 2 is 1.35 bits per heavy atom. The molecule has 2 aromatic rings. The summed E-state index contributed by atoms with van der Waals surface area (Å²) in [5, 5.41) is 0. The van der Waals surface area contributed by atoms with Gasteiger partial charge in [0.05, 0.1) is 5.41 Å². The molecule has 0 heterocycles. The zero-order chi connectivity index (χ0) is 35.0.